The van der Waals surface area contributed by atoms with Gasteiger partial charge in [-0.05, 0) is 50.3 Å². The van der Waals surface area contributed by atoms with Gasteiger partial charge in [0.1, 0.15) is 0 Å². The van der Waals surface area contributed by atoms with E-state index in [-0.39, 0.29) is 24.0 Å². The first kappa shape index (κ1) is 24.0. The number of benzene rings is 1. The average molecular weight is 488 g/mol. The molecule has 0 bridgehead atoms. The predicted octanol–water partition coefficient (Wildman–Crippen LogP) is 4.02. The smallest absolute Gasteiger partial charge is 0.191 e. The van der Waals surface area contributed by atoms with Crippen molar-refractivity contribution in [2.24, 2.45) is 10.9 Å². The zero-order valence-electron chi connectivity index (χ0n) is 17.3. The number of aliphatic imine (C=N–C) groups is 1. The standard InChI is InChI=1S/C21H36N4O.HI/c1-5-22-21(24-18(4)7-6-17(2)3)23-16-19-8-10-20(11-9-19)25-12-14-26-15-13-25;/h8-11,17-18H,5-7,12-16H2,1-4H3,(H2,22,23,24);1H. The third-order valence-corrected chi connectivity index (χ3v) is 4.64. The van der Waals surface area contributed by atoms with Crippen LogP contribution in [0.2, 0.25) is 0 Å². The first-order chi connectivity index (χ1) is 12.6. The maximum atomic E-state index is 5.42. The summed E-state index contributed by atoms with van der Waals surface area (Å²) in [5, 5.41) is 6.87. The molecule has 6 heteroatoms. The molecule has 154 valence electrons. The SMILES string of the molecule is CCNC(=NCc1ccc(N2CCOCC2)cc1)NC(C)CCC(C)C.I. The van der Waals surface area contributed by atoms with Crippen LogP contribution in [-0.4, -0.2) is 44.8 Å². The lowest BCUT2D eigenvalue weighted by Gasteiger charge is -2.28. The van der Waals surface area contributed by atoms with E-state index in [1.165, 1.54) is 17.7 Å². The summed E-state index contributed by atoms with van der Waals surface area (Å²) in [7, 11) is 0. The molecular weight excluding hydrogens is 451 g/mol. The molecule has 0 saturated carbocycles. The van der Waals surface area contributed by atoms with E-state index in [1.807, 2.05) is 0 Å². The first-order valence-electron chi connectivity index (χ1n) is 10.0. The van der Waals surface area contributed by atoms with Crippen molar-refractivity contribution in [2.75, 3.05) is 37.7 Å². The summed E-state index contributed by atoms with van der Waals surface area (Å²) in [4.78, 5) is 7.13. The van der Waals surface area contributed by atoms with Gasteiger partial charge in [0, 0.05) is 31.4 Å². The number of ether oxygens (including phenoxy) is 1. The van der Waals surface area contributed by atoms with Crippen molar-refractivity contribution in [1.82, 2.24) is 10.6 Å². The molecule has 0 amide bonds. The number of morpholine rings is 1. The fourth-order valence-corrected chi connectivity index (χ4v) is 3.01. The highest BCUT2D eigenvalue weighted by Crippen LogP contribution is 2.17. The van der Waals surface area contributed by atoms with Gasteiger partial charge in [0.2, 0.25) is 0 Å². The fraction of sp³-hybridized carbons (Fsp3) is 0.667. The Labute approximate surface area is 182 Å². The zero-order valence-corrected chi connectivity index (χ0v) is 19.7. The number of anilines is 1. The summed E-state index contributed by atoms with van der Waals surface area (Å²) in [5.41, 5.74) is 2.50. The van der Waals surface area contributed by atoms with Crippen LogP contribution in [0.3, 0.4) is 0 Å². The van der Waals surface area contributed by atoms with E-state index in [9.17, 15) is 0 Å². The lowest BCUT2D eigenvalue weighted by molar-refractivity contribution is 0.122. The normalized spacial score (nSPS) is 16.0. The molecule has 2 N–H and O–H groups in total. The molecule has 1 aliphatic rings. The van der Waals surface area contributed by atoms with Gasteiger partial charge in [-0.1, -0.05) is 26.0 Å². The highest BCUT2D eigenvalue weighted by Gasteiger charge is 2.11. The van der Waals surface area contributed by atoms with Crippen molar-refractivity contribution < 1.29 is 4.74 Å². The molecule has 1 saturated heterocycles. The third-order valence-electron chi connectivity index (χ3n) is 4.64. The summed E-state index contributed by atoms with van der Waals surface area (Å²) < 4.78 is 5.42. The number of hydrogen-bond donors (Lipinski definition) is 2. The second-order valence-electron chi connectivity index (χ2n) is 7.48. The monoisotopic (exact) mass is 488 g/mol. The second-order valence-corrected chi connectivity index (χ2v) is 7.48. The maximum Gasteiger partial charge on any atom is 0.191 e. The van der Waals surface area contributed by atoms with Crippen LogP contribution in [-0.2, 0) is 11.3 Å². The van der Waals surface area contributed by atoms with Crippen LogP contribution in [0.5, 0.6) is 0 Å². The number of halogens is 1. The lowest BCUT2D eigenvalue weighted by Crippen LogP contribution is -2.42. The molecule has 1 aromatic carbocycles. The number of nitrogens with one attached hydrogen (secondary N) is 2. The van der Waals surface area contributed by atoms with Crippen molar-refractivity contribution in [1.29, 1.82) is 0 Å². The van der Waals surface area contributed by atoms with Gasteiger partial charge in [-0.3, -0.25) is 0 Å². The molecule has 0 spiro atoms. The van der Waals surface area contributed by atoms with Gasteiger partial charge in [0.15, 0.2) is 5.96 Å². The Kier molecular flexibility index (Phi) is 11.7. The van der Waals surface area contributed by atoms with E-state index in [2.05, 4.69) is 67.5 Å². The van der Waals surface area contributed by atoms with Crippen LogP contribution in [0, 0.1) is 5.92 Å². The minimum atomic E-state index is 0. The average Bonchev–Trinajstić information content (AvgIpc) is 2.66. The predicted molar refractivity (Wildman–Crippen MR) is 126 cm³/mol. The lowest BCUT2D eigenvalue weighted by atomic mass is 10.0. The molecule has 0 aromatic heterocycles. The van der Waals surface area contributed by atoms with Gasteiger partial charge < -0.3 is 20.3 Å². The number of nitrogens with zero attached hydrogens (tertiary/aromatic N) is 2. The van der Waals surface area contributed by atoms with E-state index in [0.29, 0.717) is 12.6 Å². The molecule has 1 aliphatic heterocycles. The highest BCUT2D eigenvalue weighted by atomic mass is 127. The Morgan fingerprint density at radius 2 is 1.78 bits per heavy atom. The Morgan fingerprint density at radius 3 is 2.37 bits per heavy atom. The Balaban J connectivity index is 0.00000364. The van der Waals surface area contributed by atoms with Crippen LogP contribution < -0.4 is 15.5 Å². The molecule has 5 nitrogen and oxygen atoms in total. The van der Waals surface area contributed by atoms with Crippen molar-refractivity contribution in [3.05, 3.63) is 29.8 Å². The van der Waals surface area contributed by atoms with Crippen molar-refractivity contribution in [2.45, 2.75) is 53.1 Å². The summed E-state index contributed by atoms with van der Waals surface area (Å²) in [6, 6.07) is 9.18. The van der Waals surface area contributed by atoms with E-state index < -0.39 is 0 Å². The second kappa shape index (κ2) is 13.2. The van der Waals surface area contributed by atoms with E-state index in [0.717, 1.165) is 51.1 Å². The molecule has 0 aliphatic carbocycles. The third kappa shape index (κ3) is 9.14. The van der Waals surface area contributed by atoms with E-state index in [4.69, 9.17) is 9.73 Å². The van der Waals surface area contributed by atoms with Gasteiger partial charge in [0.25, 0.3) is 0 Å². The minimum Gasteiger partial charge on any atom is -0.378 e. The van der Waals surface area contributed by atoms with Gasteiger partial charge in [0.05, 0.1) is 19.8 Å². The van der Waals surface area contributed by atoms with Crippen molar-refractivity contribution in [3.8, 4) is 0 Å². The Bertz CT molecular complexity index is 542. The zero-order chi connectivity index (χ0) is 18.8. The van der Waals surface area contributed by atoms with Gasteiger partial charge in [-0.15, -0.1) is 24.0 Å². The maximum absolute atomic E-state index is 5.42. The molecule has 1 aromatic rings. The summed E-state index contributed by atoms with van der Waals surface area (Å²) in [6.45, 7) is 14.0. The van der Waals surface area contributed by atoms with Crippen LogP contribution >= 0.6 is 24.0 Å². The molecule has 1 unspecified atom stereocenters. The molecule has 1 atom stereocenters. The van der Waals surface area contributed by atoms with Gasteiger partial charge >= 0.3 is 0 Å². The Morgan fingerprint density at radius 1 is 1.11 bits per heavy atom. The van der Waals surface area contributed by atoms with Crippen LogP contribution in [0.4, 0.5) is 5.69 Å². The summed E-state index contributed by atoms with van der Waals surface area (Å²) >= 11 is 0. The van der Waals surface area contributed by atoms with E-state index >= 15 is 0 Å². The quantitative estimate of drug-likeness (QED) is 0.330. The van der Waals surface area contributed by atoms with Crippen molar-refractivity contribution >= 4 is 35.6 Å². The molecular formula is C21H37IN4O. The van der Waals surface area contributed by atoms with Crippen LogP contribution in [0.15, 0.2) is 29.3 Å². The molecule has 0 radical (unpaired) electrons. The van der Waals surface area contributed by atoms with Crippen LogP contribution in [0.1, 0.15) is 46.1 Å². The van der Waals surface area contributed by atoms with Crippen LogP contribution in [0.25, 0.3) is 0 Å². The number of hydrogen-bond acceptors (Lipinski definition) is 3. The van der Waals surface area contributed by atoms with E-state index in [1.54, 1.807) is 0 Å². The van der Waals surface area contributed by atoms with Gasteiger partial charge in [-0.2, -0.15) is 0 Å². The Hall–Kier alpha value is -1.02. The molecule has 2 rings (SSSR count). The van der Waals surface area contributed by atoms with Gasteiger partial charge in [-0.25, -0.2) is 4.99 Å². The molecule has 1 fully saturated rings. The van der Waals surface area contributed by atoms with Crippen molar-refractivity contribution in [3.63, 3.8) is 0 Å². The highest BCUT2D eigenvalue weighted by molar-refractivity contribution is 14.0. The molecule has 27 heavy (non-hydrogen) atoms. The fourth-order valence-electron chi connectivity index (χ4n) is 3.01. The summed E-state index contributed by atoms with van der Waals surface area (Å²) in [6.07, 6.45) is 2.40. The summed E-state index contributed by atoms with van der Waals surface area (Å²) in [5.74, 6) is 1.64. The topological polar surface area (TPSA) is 48.9 Å². The largest absolute Gasteiger partial charge is 0.378 e. The first-order valence-corrected chi connectivity index (χ1v) is 10.0. The molecule has 1 heterocycles. The number of rotatable bonds is 8. The number of guanidine groups is 1. The minimum absolute atomic E-state index is 0.